The molecule has 22 heavy (non-hydrogen) atoms. The van der Waals surface area contributed by atoms with Crippen LogP contribution in [0.1, 0.15) is 11.8 Å². The van der Waals surface area contributed by atoms with E-state index in [1.165, 1.54) is 23.7 Å². The molecule has 1 atom stereocenters. The molecule has 9 heteroatoms. The number of hydrogen-bond donors (Lipinski definition) is 3. The van der Waals surface area contributed by atoms with E-state index in [-0.39, 0.29) is 6.54 Å². The third kappa shape index (κ3) is 4.50. The molecule has 120 valence electrons. The van der Waals surface area contributed by atoms with Crippen molar-refractivity contribution in [2.45, 2.75) is 25.5 Å². The molecule has 0 aromatic carbocycles. The van der Waals surface area contributed by atoms with Gasteiger partial charge in [0.1, 0.15) is 12.1 Å². The number of urea groups is 1. The van der Waals surface area contributed by atoms with Gasteiger partial charge in [0.05, 0.1) is 18.4 Å². The average Bonchev–Trinajstić information content (AvgIpc) is 3.08. The van der Waals surface area contributed by atoms with Crippen LogP contribution >= 0.6 is 11.3 Å². The van der Waals surface area contributed by atoms with Gasteiger partial charge < -0.3 is 15.7 Å². The molecule has 2 aromatic heterocycles. The number of nitrogens with one attached hydrogen (secondary N) is 2. The Hall–Kier alpha value is -2.00. The Bertz CT molecular complexity index is 613. The average molecular weight is 330 g/mol. The normalized spacial score (nSPS) is 13.9. The lowest BCUT2D eigenvalue weighted by atomic mass is 10.1. The van der Waals surface area contributed by atoms with Crippen molar-refractivity contribution < 1.29 is 18.7 Å². The molecule has 2 heterocycles. The summed E-state index contributed by atoms with van der Waals surface area (Å²) in [5, 5.41) is 20.8. The van der Waals surface area contributed by atoms with E-state index in [4.69, 9.17) is 0 Å². The minimum absolute atomic E-state index is 0.0184. The summed E-state index contributed by atoms with van der Waals surface area (Å²) in [5.74, 6) is 0. The van der Waals surface area contributed by atoms with Gasteiger partial charge in [0.25, 0.3) is 6.43 Å². The first-order chi connectivity index (χ1) is 10.4. The smallest absolute Gasteiger partial charge is 0.319 e. The van der Waals surface area contributed by atoms with Crippen molar-refractivity contribution in [1.82, 2.24) is 15.1 Å². The van der Waals surface area contributed by atoms with Gasteiger partial charge in [-0.05, 0) is 18.4 Å². The minimum Gasteiger partial charge on any atom is -0.383 e. The summed E-state index contributed by atoms with van der Waals surface area (Å²) in [6.45, 7) is 1.08. The molecule has 0 saturated heterocycles. The molecule has 2 aromatic rings. The van der Waals surface area contributed by atoms with Crippen LogP contribution in [0.2, 0.25) is 0 Å². The third-order valence-corrected chi connectivity index (χ3v) is 3.98. The van der Waals surface area contributed by atoms with Crippen LogP contribution in [-0.2, 0) is 12.1 Å². The maximum absolute atomic E-state index is 12.2. The predicted molar refractivity (Wildman–Crippen MR) is 79.1 cm³/mol. The van der Waals surface area contributed by atoms with Crippen molar-refractivity contribution in [1.29, 1.82) is 0 Å². The molecule has 0 aliphatic carbocycles. The Kier molecular flexibility index (Phi) is 5.09. The molecule has 0 fully saturated rings. The van der Waals surface area contributed by atoms with E-state index in [9.17, 15) is 18.7 Å². The number of anilines is 1. The number of amides is 2. The molecule has 0 spiro atoms. The summed E-state index contributed by atoms with van der Waals surface area (Å²) >= 11 is 1.39. The summed E-state index contributed by atoms with van der Waals surface area (Å²) in [6.07, 6.45) is 0.0742. The van der Waals surface area contributed by atoms with Gasteiger partial charge in [-0.2, -0.15) is 5.10 Å². The number of aromatic nitrogens is 2. The van der Waals surface area contributed by atoms with Crippen LogP contribution < -0.4 is 10.6 Å². The van der Waals surface area contributed by atoms with Crippen molar-refractivity contribution in [2.75, 3.05) is 11.9 Å². The van der Waals surface area contributed by atoms with Crippen LogP contribution in [0.25, 0.3) is 0 Å². The number of thiophene rings is 1. The van der Waals surface area contributed by atoms with Gasteiger partial charge in [-0.25, -0.2) is 13.6 Å². The molecular weight excluding hydrogens is 314 g/mol. The molecule has 0 bridgehead atoms. The Balaban J connectivity index is 1.84. The lowest BCUT2D eigenvalue weighted by Gasteiger charge is -2.22. The van der Waals surface area contributed by atoms with Gasteiger partial charge in [-0.15, -0.1) is 11.3 Å². The molecule has 1 unspecified atom stereocenters. The van der Waals surface area contributed by atoms with Gasteiger partial charge in [-0.3, -0.25) is 4.68 Å². The van der Waals surface area contributed by atoms with Crippen LogP contribution in [0.5, 0.6) is 0 Å². The van der Waals surface area contributed by atoms with Gasteiger partial charge >= 0.3 is 6.03 Å². The Labute approximate surface area is 129 Å². The van der Waals surface area contributed by atoms with Crippen molar-refractivity contribution >= 4 is 23.1 Å². The summed E-state index contributed by atoms with van der Waals surface area (Å²) in [6, 6.07) is 3.04. The minimum atomic E-state index is -2.51. The standard InChI is InChI=1S/C13H16F2N4O2S/c1-13(21,10-3-2-4-22-10)8-16-12(20)18-9-5-17-19(6-9)7-11(14)15/h2-6,11,21H,7-8H2,1H3,(H2,16,18,20). The van der Waals surface area contributed by atoms with E-state index in [0.717, 1.165) is 9.56 Å². The van der Waals surface area contributed by atoms with Gasteiger partial charge in [-0.1, -0.05) is 6.07 Å². The van der Waals surface area contributed by atoms with Crippen LogP contribution in [0, 0.1) is 0 Å². The summed E-state index contributed by atoms with van der Waals surface area (Å²) < 4.78 is 25.4. The monoisotopic (exact) mass is 330 g/mol. The molecule has 2 rings (SSSR count). The maximum Gasteiger partial charge on any atom is 0.319 e. The molecular formula is C13H16F2N4O2S. The number of nitrogens with zero attached hydrogens (tertiary/aromatic N) is 2. The van der Waals surface area contributed by atoms with E-state index < -0.39 is 24.6 Å². The van der Waals surface area contributed by atoms with Crippen molar-refractivity contribution in [3.05, 3.63) is 34.8 Å². The maximum atomic E-state index is 12.2. The molecule has 6 nitrogen and oxygen atoms in total. The topological polar surface area (TPSA) is 79.2 Å². The Morgan fingerprint density at radius 2 is 2.36 bits per heavy atom. The quantitative estimate of drug-likeness (QED) is 0.760. The number of halogens is 2. The highest BCUT2D eigenvalue weighted by molar-refractivity contribution is 7.10. The largest absolute Gasteiger partial charge is 0.383 e. The lowest BCUT2D eigenvalue weighted by Crippen LogP contribution is -2.40. The fraction of sp³-hybridized carbons (Fsp3) is 0.385. The number of rotatable bonds is 6. The predicted octanol–water partition coefficient (Wildman–Crippen LogP) is 2.24. The fourth-order valence-corrected chi connectivity index (χ4v) is 2.56. The number of hydrogen-bond acceptors (Lipinski definition) is 4. The number of carbonyl (C=O) groups excluding carboxylic acids is 1. The first-order valence-electron chi connectivity index (χ1n) is 6.48. The summed E-state index contributed by atoms with van der Waals surface area (Å²) in [4.78, 5) is 12.5. The van der Waals surface area contributed by atoms with Gasteiger partial charge in [0.15, 0.2) is 0 Å². The fourth-order valence-electron chi connectivity index (χ4n) is 1.77. The Morgan fingerprint density at radius 1 is 1.59 bits per heavy atom. The van der Waals surface area contributed by atoms with Crippen molar-refractivity contribution in [3.63, 3.8) is 0 Å². The van der Waals surface area contributed by atoms with E-state index >= 15 is 0 Å². The van der Waals surface area contributed by atoms with Gasteiger partial charge in [0, 0.05) is 11.1 Å². The molecule has 0 saturated carbocycles. The zero-order chi connectivity index (χ0) is 16.2. The van der Waals surface area contributed by atoms with Crippen LogP contribution in [0.15, 0.2) is 29.9 Å². The number of carbonyl (C=O) groups is 1. The van der Waals surface area contributed by atoms with Gasteiger partial charge in [0.2, 0.25) is 0 Å². The van der Waals surface area contributed by atoms with E-state index in [2.05, 4.69) is 15.7 Å². The highest BCUT2D eigenvalue weighted by Gasteiger charge is 2.24. The molecule has 3 N–H and O–H groups in total. The third-order valence-electron chi connectivity index (χ3n) is 2.86. The van der Waals surface area contributed by atoms with E-state index in [1.54, 1.807) is 13.0 Å². The molecule has 0 aliphatic heterocycles. The zero-order valence-electron chi connectivity index (χ0n) is 11.8. The SMILES string of the molecule is CC(O)(CNC(=O)Nc1cnn(CC(F)F)c1)c1cccs1. The Morgan fingerprint density at radius 3 is 3.00 bits per heavy atom. The number of aliphatic hydroxyl groups is 1. The van der Waals surface area contributed by atoms with Crippen LogP contribution in [0.3, 0.4) is 0 Å². The highest BCUT2D eigenvalue weighted by Crippen LogP contribution is 2.24. The molecule has 2 amide bonds. The van der Waals surface area contributed by atoms with Crippen molar-refractivity contribution in [3.8, 4) is 0 Å². The summed E-state index contributed by atoms with van der Waals surface area (Å²) in [7, 11) is 0. The van der Waals surface area contributed by atoms with Crippen LogP contribution in [0.4, 0.5) is 19.3 Å². The van der Waals surface area contributed by atoms with Crippen molar-refractivity contribution in [2.24, 2.45) is 0 Å². The van der Waals surface area contributed by atoms with E-state index in [0.29, 0.717) is 5.69 Å². The second-order valence-electron chi connectivity index (χ2n) is 4.90. The molecule has 0 radical (unpaired) electrons. The van der Waals surface area contributed by atoms with E-state index in [1.807, 2.05) is 11.4 Å². The first kappa shape index (κ1) is 16.4. The lowest BCUT2D eigenvalue weighted by molar-refractivity contribution is 0.0637. The second kappa shape index (κ2) is 6.84. The zero-order valence-corrected chi connectivity index (χ0v) is 12.6. The second-order valence-corrected chi connectivity index (χ2v) is 5.85. The molecule has 0 aliphatic rings. The first-order valence-corrected chi connectivity index (χ1v) is 7.36. The highest BCUT2D eigenvalue weighted by atomic mass is 32.1. The summed E-state index contributed by atoms with van der Waals surface area (Å²) in [5.41, 5.74) is -0.875. The van der Waals surface area contributed by atoms with Crippen LogP contribution in [-0.4, -0.2) is 33.9 Å². The number of alkyl halides is 2.